The van der Waals surface area contributed by atoms with Crippen LogP contribution in [0.3, 0.4) is 0 Å². The highest BCUT2D eigenvalue weighted by molar-refractivity contribution is 5.91. The van der Waals surface area contributed by atoms with Gasteiger partial charge in [-0.15, -0.1) is 0 Å². The minimum atomic E-state index is -0.596. The molecule has 0 heterocycles. The van der Waals surface area contributed by atoms with E-state index in [2.05, 4.69) is 6.08 Å². The Kier molecular flexibility index (Phi) is 5.27. The molecule has 128 valence electrons. The number of benzene rings is 1. The van der Waals surface area contributed by atoms with Gasteiger partial charge < -0.3 is 9.47 Å². The third-order valence-corrected chi connectivity index (χ3v) is 4.35. The van der Waals surface area contributed by atoms with E-state index in [0.29, 0.717) is 24.2 Å². The van der Waals surface area contributed by atoms with Crippen LogP contribution in [0.1, 0.15) is 45.2 Å². The fraction of sp³-hybridized carbons (Fsp3) is 0.400. The number of carbonyl (C=O) groups is 2. The van der Waals surface area contributed by atoms with E-state index < -0.39 is 17.4 Å². The molecule has 1 atom stereocenters. The van der Waals surface area contributed by atoms with Gasteiger partial charge >= 0.3 is 11.9 Å². The van der Waals surface area contributed by atoms with Gasteiger partial charge in [-0.25, -0.2) is 4.79 Å². The van der Waals surface area contributed by atoms with E-state index in [1.807, 2.05) is 45.0 Å². The van der Waals surface area contributed by atoms with Crippen molar-refractivity contribution in [3.63, 3.8) is 0 Å². The first-order valence-electron chi connectivity index (χ1n) is 8.01. The van der Waals surface area contributed by atoms with Crippen LogP contribution in [0.5, 0.6) is 0 Å². The summed E-state index contributed by atoms with van der Waals surface area (Å²) in [5, 5.41) is 0. The highest BCUT2D eigenvalue weighted by atomic mass is 16.5. The summed E-state index contributed by atoms with van der Waals surface area (Å²) >= 11 is 0. The number of methoxy groups -OCH3 is 1. The lowest BCUT2D eigenvalue weighted by Gasteiger charge is -2.37. The van der Waals surface area contributed by atoms with Gasteiger partial charge in [0.05, 0.1) is 18.1 Å². The van der Waals surface area contributed by atoms with Crippen molar-refractivity contribution in [3.8, 4) is 0 Å². The zero-order chi connectivity index (χ0) is 17.9. The molecular formula is C20H24O4. The molecule has 1 aromatic carbocycles. The van der Waals surface area contributed by atoms with Crippen molar-refractivity contribution in [1.82, 2.24) is 0 Å². The van der Waals surface area contributed by atoms with E-state index in [0.717, 1.165) is 11.1 Å². The SMILES string of the molecule is COC(=O)C1=C(OC(C)=O)[C@](C)(CC=C(C)C)c2ccccc2C1. The monoisotopic (exact) mass is 328 g/mol. The summed E-state index contributed by atoms with van der Waals surface area (Å²) < 4.78 is 10.5. The molecule has 0 amide bonds. The molecule has 0 aromatic heterocycles. The number of allylic oxidation sites excluding steroid dienone is 3. The van der Waals surface area contributed by atoms with Crippen LogP contribution in [0, 0.1) is 0 Å². The van der Waals surface area contributed by atoms with Crippen molar-refractivity contribution in [2.24, 2.45) is 0 Å². The number of esters is 2. The molecule has 0 bridgehead atoms. The molecule has 0 saturated carbocycles. The Morgan fingerprint density at radius 2 is 1.88 bits per heavy atom. The van der Waals surface area contributed by atoms with Gasteiger partial charge in [-0.2, -0.15) is 0 Å². The third-order valence-electron chi connectivity index (χ3n) is 4.35. The van der Waals surface area contributed by atoms with Crippen molar-refractivity contribution in [2.75, 3.05) is 7.11 Å². The second-order valence-corrected chi connectivity index (χ2v) is 6.54. The maximum Gasteiger partial charge on any atom is 0.337 e. The molecule has 1 aliphatic rings. The van der Waals surface area contributed by atoms with Crippen LogP contribution >= 0.6 is 0 Å². The molecule has 0 saturated heterocycles. The number of ether oxygens (including phenoxy) is 2. The van der Waals surface area contributed by atoms with E-state index in [-0.39, 0.29) is 0 Å². The van der Waals surface area contributed by atoms with Crippen LogP contribution in [-0.2, 0) is 30.9 Å². The third kappa shape index (κ3) is 3.42. The number of hydrogen-bond donors (Lipinski definition) is 0. The first-order valence-corrected chi connectivity index (χ1v) is 8.01. The number of carbonyl (C=O) groups excluding carboxylic acids is 2. The maximum absolute atomic E-state index is 12.3. The zero-order valence-corrected chi connectivity index (χ0v) is 14.9. The zero-order valence-electron chi connectivity index (χ0n) is 14.9. The molecule has 0 aliphatic heterocycles. The van der Waals surface area contributed by atoms with E-state index in [1.165, 1.54) is 19.6 Å². The van der Waals surface area contributed by atoms with Gasteiger partial charge in [-0.1, -0.05) is 35.9 Å². The lowest BCUT2D eigenvalue weighted by Crippen LogP contribution is -2.35. The molecule has 0 spiro atoms. The van der Waals surface area contributed by atoms with Gasteiger partial charge in [0, 0.05) is 13.3 Å². The second-order valence-electron chi connectivity index (χ2n) is 6.54. The van der Waals surface area contributed by atoms with E-state index in [4.69, 9.17) is 9.47 Å². The molecule has 1 aliphatic carbocycles. The van der Waals surface area contributed by atoms with Crippen molar-refractivity contribution in [2.45, 2.75) is 46.0 Å². The lowest BCUT2D eigenvalue weighted by molar-refractivity contribution is -0.139. The van der Waals surface area contributed by atoms with E-state index in [1.54, 1.807) is 0 Å². The largest absolute Gasteiger partial charge is 0.466 e. The fourth-order valence-corrected chi connectivity index (χ4v) is 3.16. The molecule has 2 rings (SSSR count). The van der Waals surface area contributed by atoms with Gasteiger partial charge in [0.15, 0.2) is 0 Å². The molecule has 0 N–H and O–H groups in total. The highest BCUT2D eigenvalue weighted by Gasteiger charge is 2.42. The Morgan fingerprint density at radius 3 is 2.46 bits per heavy atom. The Bertz CT molecular complexity index is 723. The number of hydrogen-bond acceptors (Lipinski definition) is 4. The predicted octanol–water partition coefficient (Wildman–Crippen LogP) is 3.85. The van der Waals surface area contributed by atoms with Crippen LogP contribution in [0.2, 0.25) is 0 Å². The van der Waals surface area contributed by atoms with Crippen molar-refractivity contribution >= 4 is 11.9 Å². The van der Waals surface area contributed by atoms with Gasteiger partial charge in [0.1, 0.15) is 5.76 Å². The Morgan fingerprint density at radius 1 is 1.21 bits per heavy atom. The lowest BCUT2D eigenvalue weighted by atomic mass is 9.69. The molecule has 0 radical (unpaired) electrons. The van der Waals surface area contributed by atoms with E-state index in [9.17, 15) is 9.59 Å². The van der Waals surface area contributed by atoms with Gasteiger partial charge in [0.25, 0.3) is 0 Å². The first-order chi connectivity index (χ1) is 11.3. The van der Waals surface area contributed by atoms with Crippen molar-refractivity contribution in [1.29, 1.82) is 0 Å². The van der Waals surface area contributed by atoms with Crippen molar-refractivity contribution in [3.05, 3.63) is 58.4 Å². The predicted molar refractivity (Wildman–Crippen MR) is 92.4 cm³/mol. The Labute approximate surface area is 143 Å². The summed E-state index contributed by atoms with van der Waals surface area (Å²) in [7, 11) is 1.34. The summed E-state index contributed by atoms with van der Waals surface area (Å²) in [5.41, 5.74) is 3.11. The summed E-state index contributed by atoms with van der Waals surface area (Å²) in [6.45, 7) is 7.40. The minimum absolute atomic E-state index is 0.399. The van der Waals surface area contributed by atoms with Crippen LogP contribution in [0.15, 0.2) is 47.2 Å². The Hall–Kier alpha value is -2.36. The molecular weight excluding hydrogens is 304 g/mol. The van der Waals surface area contributed by atoms with Crippen LogP contribution in [0.4, 0.5) is 0 Å². The average Bonchev–Trinajstić information content (AvgIpc) is 2.54. The number of rotatable bonds is 4. The maximum atomic E-state index is 12.3. The first kappa shape index (κ1) is 18.0. The minimum Gasteiger partial charge on any atom is -0.466 e. The summed E-state index contributed by atoms with van der Waals surface area (Å²) in [6, 6.07) is 7.95. The van der Waals surface area contributed by atoms with Gasteiger partial charge in [0.2, 0.25) is 0 Å². The molecule has 4 heteroatoms. The summed E-state index contributed by atoms with van der Waals surface area (Å²) in [4.78, 5) is 24.0. The van der Waals surface area contributed by atoms with Crippen LogP contribution in [0.25, 0.3) is 0 Å². The second kappa shape index (κ2) is 7.04. The fourth-order valence-electron chi connectivity index (χ4n) is 3.16. The van der Waals surface area contributed by atoms with Gasteiger partial charge in [-0.3, -0.25) is 4.79 Å². The molecule has 0 fully saturated rings. The van der Waals surface area contributed by atoms with Crippen molar-refractivity contribution < 1.29 is 19.1 Å². The molecule has 24 heavy (non-hydrogen) atoms. The topological polar surface area (TPSA) is 52.6 Å². The quantitative estimate of drug-likeness (QED) is 0.622. The van der Waals surface area contributed by atoms with Crippen LogP contribution < -0.4 is 0 Å². The molecule has 4 nitrogen and oxygen atoms in total. The summed E-state index contributed by atoms with van der Waals surface area (Å²) in [6.07, 6.45) is 3.13. The Balaban J connectivity index is 2.70. The normalized spacial score (nSPS) is 19.4. The number of fused-ring (bicyclic) bond motifs is 1. The highest BCUT2D eigenvalue weighted by Crippen LogP contribution is 2.45. The molecule has 0 unspecified atom stereocenters. The summed E-state index contributed by atoms with van der Waals surface area (Å²) in [5.74, 6) is -0.489. The standard InChI is InChI=1S/C20H24O4/c1-13(2)10-11-20(4)17-9-7-6-8-15(17)12-16(19(22)23-5)18(20)24-14(3)21/h6-10H,11-12H2,1-5H3/t20-/m1/s1. The van der Waals surface area contributed by atoms with Crippen LogP contribution in [-0.4, -0.2) is 19.0 Å². The smallest absolute Gasteiger partial charge is 0.337 e. The van der Waals surface area contributed by atoms with Gasteiger partial charge in [-0.05, 0) is 38.3 Å². The molecule has 1 aromatic rings. The average molecular weight is 328 g/mol. The van der Waals surface area contributed by atoms with E-state index >= 15 is 0 Å².